The molecule has 3 nitrogen and oxygen atoms in total. The Kier molecular flexibility index (Phi) is 1.18. The summed E-state index contributed by atoms with van der Waals surface area (Å²) in [7, 11) is 0. The van der Waals surface area contributed by atoms with Crippen LogP contribution in [0.1, 0.15) is 29.1 Å². The van der Waals surface area contributed by atoms with Gasteiger partial charge in [0, 0.05) is 6.20 Å². The molecule has 0 amide bonds. The van der Waals surface area contributed by atoms with Crippen LogP contribution in [0, 0.1) is 0 Å². The summed E-state index contributed by atoms with van der Waals surface area (Å²) in [5, 5.41) is 0. The number of hydrogen-bond acceptors (Lipinski definition) is 3. The molecule has 0 saturated carbocycles. The lowest BCUT2D eigenvalue weighted by molar-refractivity contribution is 0.0418. The lowest BCUT2D eigenvalue weighted by Gasteiger charge is -1.98. The summed E-state index contributed by atoms with van der Waals surface area (Å²) in [6, 6.07) is 3.46. The van der Waals surface area contributed by atoms with E-state index in [2.05, 4.69) is 4.98 Å². The summed E-state index contributed by atoms with van der Waals surface area (Å²) in [6.07, 6.45) is 1.48. The van der Waals surface area contributed by atoms with Gasteiger partial charge in [-0.15, -0.1) is 0 Å². The van der Waals surface area contributed by atoms with Crippen LogP contribution in [0.3, 0.4) is 0 Å². The lowest BCUT2D eigenvalue weighted by Crippen LogP contribution is -1.93. The lowest BCUT2D eigenvalue weighted by atomic mass is 10.2. The highest BCUT2D eigenvalue weighted by molar-refractivity contribution is 5.93. The van der Waals surface area contributed by atoms with E-state index in [1.807, 2.05) is 6.92 Å². The van der Waals surface area contributed by atoms with E-state index in [4.69, 9.17) is 4.74 Å². The molecule has 56 valence electrons. The third kappa shape index (κ3) is 0.808. The molecule has 1 aliphatic heterocycles. The van der Waals surface area contributed by atoms with Gasteiger partial charge in [0.05, 0.1) is 11.3 Å². The van der Waals surface area contributed by atoms with Gasteiger partial charge in [0.2, 0.25) is 0 Å². The summed E-state index contributed by atoms with van der Waals surface area (Å²) in [5.74, 6) is -0.263. The van der Waals surface area contributed by atoms with Crippen molar-refractivity contribution in [1.82, 2.24) is 4.98 Å². The number of nitrogens with zero attached hydrogens (tertiary/aromatic N) is 1. The molecule has 2 heterocycles. The second kappa shape index (κ2) is 2.05. The predicted molar refractivity (Wildman–Crippen MR) is 38.1 cm³/mol. The maximum absolute atomic E-state index is 11.0. The average molecular weight is 149 g/mol. The van der Waals surface area contributed by atoms with E-state index in [1.54, 1.807) is 18.3 Å². The minimum Gasteiger partial charge on any atom is -0.452 e. The van der Waals surface area contributed by atoms with Gasteiger partial charge in [-0.1, -0.05) is 0 Å². The molecule has 0 spiro atoms. The molecule has 0 saturated heterocycles. The zero-order chi connectivity index (χ0) is 7.84. The van der Waals surface area contributed by atoms with Crippen molar-refractivity contribution >= 4 is 5.97 Å². The molecular formula is C8H7NO2. The van der Waals surface area contributed by atoms with Gasteiger partial charge in [-0.05, 0) is 19.1 Å². The monoisotopic (exact) mass is 149 g/mol. The second-order valence-corrected chi connectivity index (χ2v) is 2.48. The van der Waals surface area contributed by atoms with Crippen molar-refractivity contribution in [1.29, 1.82) is 0 Å². The normalized spacial score (nSPS) is 21.2. The van der Waals surface area contributed by atoms with Crippen molar-refractivity contribution in [3.05, 3.63) is 29.6 Å². The number of carbonyl (C=O) groups is 1. The standard InChI is InChI=1S/C8H7NO2/c1-5-7-6(8(10)11-5)3-2-4-9-7/h2-5H,1H3/t5-/m0/s1. The molecule has 0 bridgehead atoms. The van der Waals surface area contributed by atoms with Crippen molar-refractivity contribution < 1.29 is 9.53 Å². The first-order valence-electron chi connectivity index (χ1n) is 3.45. The number of pyridine rings is 1. The zero-order valence-corrected chi connectivity index (χ0v) is 6.07. The fourth-order valence-electron chi connectivity index (χ4n) is 1.19. The van der Waals surface area contributed by atoms with E-state index in [1.165, 1.54) is 0 Å². The van der Waals surface area contributed by atoms with Crippen molar-refractivity contribution in [2.75, 3.05) is 0 Å². The van der Waals surface area contributed by atoms with Gasteiger partial charge in [0.25, 0.3) is 0 Å². The Morgan fingerprint density at radius 1 is 1.64 bits per heavy atom. The van der Waals surface area contributed by atoms with E-state index in [0.29, 0.717) is 5.56 Å². The third-order valence-corrected chi connectivity index (χ3v) is 1.73. The molecule has 1 aromatic rings. The number of cyclic esters (lactones) is 1. The molecule has 0 radical (unpaired) electrons. The first-order valence-corrected chi connectivity index (χ1v) is 3.45. The van der Waals surface area contributed by atoms with E-state index in [0.717, 1.165) is 5.69 Å². The van der Waals surface area contributed by atoms with Crippen molar-refractivity contribution in [2.45, 2.75) is 13.0 Å². The maximum atomic E-state index is 11.0. The Morgan fingerprint density at radius 2 is 2.45 bits per heavy atom. The highest BCUT2D eigenvalue weighted by Crippen LogP contribution is 2.26. The largest absolute Gasteiger partial charge is 0.452 e. The first-order chi connectivity index (χ1) is 5.29. The molecule has 1 atom stereocenters. The molecular weight excluding hydrogens is 142 g/mol. The predicted octanol–water partition coefficient (Wildman–Crippen LogP) is 1.31. The summed E-state index contributed by atoms with van der Waals surface area (Å²) in [5.41, 5.74) is 1.34. The van der Waals surface area contributed by atoms with Gasteiger partial charge in [0.15, 0.2) is 0 Å². The van der Waals surface area contributed by atoms with Crippen LogP contribution in [-0.2, 0) is 4.74 Å². The molecule has 0 aliphatic carbocycles. The van der Waals surface area contributed by atoms with Crippen LogP contribution in [0.5, 0.6) is 0 Å². The van der Waals surface area contributed by atoms with E-state index < -0.39 is 0 Å². The van der Waals surface area contributed by atoms with Gasteiger partial charge < -0.3 is 4.74 Å². The molecule has 2 rings (SSSR count). The Bertz CT molecular complexity index is 309. The number of rotatable bonds is 0. The van der Waals surface area contributed by atoms with Crippen LogP contribution in [0.15, 0.2) is 18.3 Å². The average Bonchev–Trinajstić information content (AvgIpc) is 2.30. The fraction of sp³-hybridized carbons (Fsp3) is 0.250. The molecule has 1 aromatic heterocycles. The molecule has 11 heavy (non-hydrogen) atoms. The van der Waals surface area contributed by atoms with Crippen molar-refractivity contribution in [2.24, 2.45) is 0 Å². The molecule has 0 aromatic carbocycles. The second-order valence-electron chi connectivity index (χ2n) is 2.48. The van der Waals surface area contributed by atoms with E-state index in [-0.39, 0.29) is 12.1 Å². The number of aromatic nitrogens is 1. The molecule has 1 aliphatic rings. The number of carbonyl (C=O) groups excluding carboxylic acids is 1. The van der Waals surface area contributed by atoms with Gasteiger partial charge in [0.1, 0.15) is 6.10 Å². The van der Waals surface area contributed by atoms with Gasteiger partial charge in [-0.3, -0.25) is 4.98 Å². The van der Waals surface area contributed by atoms with Crippen LogP contribution in [0.2, 0.25) is 0 Å². The van der Waals surface area contributed by atoms with E-state index in [9.17, 15) is 4.79 Å². The Balaban J connectivity index is 2.60. The zero-order valence-electron chi connectivity index (χ0n) is 6.07. The Morgan fingerprint density at radius 3 is 3.18 bits per heavy atom. The van der Waals surface area contributed by atoms with Crippen LogP contribution < -0.4 is 0 Å². The highest BCUT2D eigenvalue weighted by atomic mass is 16.5. The van der Waals surface area contributed by atoms with Crippen molar-refractivity contribution in [3.8, 4) is 0 Å². The first kappa shape index (κ1) is 6.34. The van der Waals surface area contributed by atoms with Crippen LogP contribution in [0.25, 0.3) is 0 Å². The fourth-order valence-corrected chi connectivity index (χ4v) is 1.19. The SMILES string of the molecule is C[C@@H]1OC(=O)c2cccnc21. The molecule has 0 unspecified atom stereocenters. The maximum Gasteiger partial charge on any atom is 0.340 e. The third-order valence-electron chi connectivity index (χ3n) is 1.73. The minimum atomic E-state index is -0.263. The number of fused-ring (bicyclic) bond motifs is 1. The highest BCUT2D eigenvalue weighted by Gasteiger charge is 2.28. The van der Waals surface area contributed by atoms with Gasteiger partial charge in [-0.25, -0.2) is 4.79 Å². The Hall–Kier alpha value is -1.38. The van der Waals surface area contributed by atoms with Crippen molar-refractivity contribution in [3.63, 3.8) is 0 Å². The summed E-state index contributed by atoms with van der Waals surface area (Å²) >= 11 is 0. The number of hydrogen-bond donors (Lipinski definition) is 0. The smallest absolute Gasteiger partial charge is 0.340 e. The summed E-state index contributed by atoms with van der Waals surface area (Å²) in [6.45, 7) is 1.82. The quantitative estimate of drug-likeness (QED) is 0.522. The Labute approximate surface area is 64.0 Å². The molecule has 3 heteroatoms. The minimum absolute atomic E-state index is 0.182. The van der Waals surface area contributed by atoms with Gasteiger partial charge >= 0.3 is 5.97 Å². The number of ether oxygens (including phenoxy) is 1. The van der Waals surface area contributed by atoms with Crippen LogP contribution in [-0.4, -0.2) is 11.0 Å². The van der Waals surface area contributed by atoms with Crippen LogP contribution >= 0.6 is 0 Å². The molecule has 0 fully saturated rings. The van der Waals surface area contributed by atoms with E-state index >= 15 is 0 Å². The molecule has 0 N–H and O–H groups in total. The van der Waals surface area contributed by atoms with Crippen LogP contribution in [0.4, 0.5) is 0 Å². The summed E-state index contributed by atoms with van der Waals surface area (Å²) in [4.78, 5) is 15.1. The summed E-state index contributed by atoms with van der Waals surface area (Å²) < 4.78 is 4.93. The number of esters is 1. The van der Waals surface area contributed by atoms with Gasteiger partial charge in [-0.2, -0.15) is 0 Å². The topological polar surface area (TPSA) is 39.2 Å².